The molecule has 0 aromatic heterocycles. The lowest BCUT2D eigenvalue weighted by atomic mass is 9.93. The van der Waals surface area contributed by atoms with Gasteiger partial charge in [0.1, 0.15) is 4.33 Å². The van der Waals surface area contributed by atoms with Crippen LogP contribution in [0.2, 0.25) is 0 Å². The molecule has 1 aromatic carbocycles. The fourth-order valence-electron chi connectivity index (χ4n) is 1.92. The van der Waals surface area contributed by atoms with E-state index in [1.807, 2.05) is 0 Å². The van der Waals surface area contributed by atoms with Gasteiger partial charge in [0, 0.05) is 0 Å². The van der Waals surface area contributed by atoms with Gasteiger partial charge in [0.25, 0.3) is 0 Å². The number of halogens is 5. The first kappa shape index (κ1) is 16.4. The highest BCUT2D eigenvalue weighted by molar-refractivity contribution is 6.52. The molecule has 0 aliphatic heterocycles. The molecular weight excluding hydrogens is 330 g/mol. The predicted molar refractivity (Wildman–Crippen MR) is 71.9 cm³/mol. The molecule has 2 atom stereocenters. The largest absolute Gasteiger partial charge is 0.423 e. The zero-order valence-electron chi connectivity index (χ0n) is 10.6. The van der Waals surface area contributed by atoms with Crippen LogP contribution in [0.1, 0.15) is 12.0 Å². The highest BCUT2D eigenvalue weighted by atomic mass is 35.5. The van der Waals surface area contributed by atoms with Gasteiger partial charge in [-0.25, -0.2) is 0 Å². The number of alkyl halides is 5. The van der Waals surface area contributed by atoms with Crippen LogP contribution in [0.3, 0.4) is 0 Å². The van der Waals surface area contributed by atoms with Crippen molar-refractivity contribution >= 4 is 29.1 Å². The minimum atomic E-state index is -4.94. The van der Waals surface area contributed by atoms with Crippen LogP contribution in [0.15, 0.2) is 30.3 Å². The fraction of sp³-hybridized carbons (Fsp3) is 0.462. The van der Waals surface area contributed by atoms with Gasteiger partial charge in [-0.15, -0.1) is 23.2 Å². The maximum atomic E-state index is 13.2. The van der Waals surface area contributed by atoms with Crippen LogP contribution in [0.5, 0.6) is 0 Å². The summed E-state index contributed by atoms with van der Waals surface area (Å²) in [6, 6.07) is 6.56. The Kier molecular flexibility index (Phi) is 4.17. The molecule has 1 amide bonds. The third kappa shape index (κ3) is 3.27. The maximum Gasteiger partial charge on any atom is 0.423 e. The summed E-state index contributed by atoms with van der Waals surface area (Å²) in [7, 11) is 0. The van der Waals surface area contributed by atoms with E-state index in [2.05, 4.69) is 5.32 Å². The average Bonchev–Trinajstić information content (AvgIpc) is 3.04. The Morgan fingerprint density at radius 2 is 1.86 bits per heavy atom. The molecule has 3 nitrogen and oxygen atoms in total. The third-order valence-corrected chi connectivity index (χ3v) is 4.22. The van der Waals surface area contributed by atoms with Gasteiger partial charge in [-0.05, 0) is 12.0 Å². The molecular formula is C13H12Cl2F3NO2. The fourth-order valence-corrected chi connectivity index (χ4v) is 2.42. The van der Waals surface area contributed by atoms with Crippen molar-refractivity contribution in [3.05, 3.63) is 35.9 Å². The third-order valence-electron chi connectivity index (χ3n) is 3.38. The molecule has 1 aliphatic rings. The Labute approximate surface area is 129 Å². The predicted octanol–water partition coefficient (Wildman–Crippen LogP) is 2.75. The van der Waals surface area contributed by atoms with E-state index < -0.39 is 34.5 Å². The number of carbonyl (C=O) groups is 1. The van der Waals surface area contributed by atoms with Gasteiger partial charge in [0.2, 0.25) is 11.5 Å². The summed E-state index contributed by atoms with van der Waals surface area (Å²) in [6.45, 7) is -1.00. The Bertz CT molecular complexity index is 536. The highest BCUT2D eigenvalue weighted by Gasteiger charge is 2.58. The molecule has 0 radical (unpaired) electrons. The second kappa shape index (κ2) is 5.34. The van der Waals surface area contributed by atoms with E-state index >= 15 is 0 Å². The van der Waals surface area contributed by atoms with Crippen molar-refractivity contribution in [2.24, 2.45) is 5.92 Å². The molecule has 2 N–H and O–H groups in total. The molecule has 116 valence electrons. The highest BCUT2D eigenvalue weighted by Crippen LogP contribution is 2.53. The van der Waals surface area contributed by atoms with E-state index in [1.54, 1.807) is 0 Å². The van der Waals surface area contributed by atoms with Gasteiger partial charge in [-0.3, -0.25) is 4.79 Å². The molecule has 0 spiro atoms. The maximum absolute atomic E-state index is 13.2. The Morgan fingerprint density at radius 1 is 1.33 bits per heavy atom. The van der Waals surface area contributed by atoms with Crippen molar-refractivity contribution in [1.82, 2.24) is 5.32 Å². The quantitative estimate of drug-likeness (QED) is 0.827. The molecule has 8 heteroatoms. The first-order valence-corrected chi connectivity index (χ1v) is 6.84. The van der Waals surface area contributed by atoms with E-state index in [9.17, 15) is 23.1 Å². The van der Waals surface area contributed by atoms with E-state index in [-0.39, 0.29) is 12.0 Å². The summed E-state index contributed by atoms with van der Waals surface area (Å²) in [6.07, 6.45) is -4.76. The summed E-state index contributed by atoms with van der Waals surface area (Å²) in [5, 5.41) is 12.1. The second-order valence-electron chi connectivity index (χ2n) is 4.96. The van der Waals surface area contributed by atoms with Crippen molar-refractivity contribution in [1.29, 1.82) is 0 Å². The Hall–Kier alpha value is -0.980. The van der Waals surface area contributed by atoms with Gasteiger partial charge in [0.05, 0.1) is 12.5 Å². The van der Waals surface area contributed by atoms with Crippen molar-refractivity contribution in [3.63, 3.8) is 0 Å². The van der Waals surface area contributed by atoms with Gasteiger partial charge in [-0.1, -0.05) is 30.3 Å². The number of hydrogen-bond acceptors (Lipinski definition) is 2. The number of benzene rings is 1. The summed E-state index contributed by atoms with van der Waals surface area (Å²) in [5.41, 5.74) is -3.52. The van der Waals surface area contributed by atoms with Crippen LogP contribution in [0.25, 0.3) is 0 Å². The average molecular weight is 342 g/mol. The van der Waals surface area contributed by atoms with Crippen molar-refractivity contribution < 1.29 is 23.1 Å². The molecule has 1 fully saturated rings. The van der Waals surface area contributed by atoms with Crippen molar-refractivity contribution in [2.75, 3.05) is 6.54 Å². The van der Waals surface area contributed by atoms with Crippen LogP contribution >= 0.6 is 23.2 Å². The molecule has 0 saturated heterocycles. The Balaban J connectivity index is 2.13. The van der Waals surface area contributed by atoms with Gasteiger partial charge >= 0.3 is 6.18 Å². The lowest BCUT2D eigenvalue weighted by Gasteiger charge is -2.31. The van der Waals surface area contributed by atoms with Crippen LogP contribution in [0.4, 0.5) is 13.2 Å². The first-order chi connectivity index (χ1) is 9.58. The summed E-state index contributed by atoms with van der Waals surface area (Å²) in [5.74, 6) is -1.47. The van der Waals surface area contributed by atoms with Crippen LogP contribution < -0.4 is 5.32 Å². The number of amides is 1. The normalized spacial score (nSPS) is 23.2. The number of rotatable bonds is 4. The zero-order chi connectivity index (χ0) is 15.9. The molecule has 2 rings (SSSR count). The molecule has 21 heavy (non-hydrogen) atoms. The molecule has 0 heterocycles. The number of aliphatic hydroxyl groups is 1. The SMILES string of the molecule is O=C(NC[C@@](O)(c1ccccc1)C(F)(F)F)[C@@H]1CC1(Cl)Cl. The minimum Gasteiger partial charge on any atom is -0.375 e. The number of carbonyl (C=O) groups excluding carboxylic acids is 1. The summed E-state index contributed by atoms with van der Waals surface area (Å²) in [4.78, 5) is 11.7. The van der Waals surface area contributed by atoms with Gasteiger partial charge < -0.3 is 10.4 Å². The molecule has 1 aliphatic carbocycles. The van der Waals surface area contributed by atoms with Crippen LogP contribution in [0, 0.1) is 5.92 Å². The van der Waals surface area contributed by atoms with Crippen LogP contribution in [-0.4, -0.2) is 28.1 Å². The first-order valence-electron chi connectivity index (χ1n) is 6.08. The van der Waals surface area contributed by atoms with Crippen molar-refractivity contribution in [3.8, 4) is 0 Å². The molecule has 0 unspecified atom stereocenters. The molecule has 1 saturated carbocycles. The van der Waals surface area contributed by atoms with E-state index in [0.29, 0.717) is 0 Å². The Morgan fingerprint density at radius 3 is 2.29 bits per heavy atom. The minimum absolute atomic E-state index is 0.178. The van der Waals surface area contributed by atoms with E-state index in [4.69, 9.17) is 23.2 Å². The monoisotopic (exact) mass is 341 g/mol. The zero-order valence-corrected chi connectivity index (χ0v) is 12.1. The van der Waals surface area contributed by atoms with Gasteiger partial charge in [-0.2, -0.15) is 13.2 Å². The molecule has 1 aromatic rings. The lowest BCUT2D eigenvalue weighted by Crippen LogP contribution is -2.51. The van der Waals surface area contributed by atoms with Crippen LogP contribution in [-0.2, 0) is 10.4 Å². The second-order valence-corrected chi connectivity index (χ2v) is 6.50. The topological polar surface area (TPSA) is 49.3 Å². The smallest absolute Gasteiger partial charge is 0.375 e. The summed E-state index contributed by atoms with van der Waals surface area (Å²) < 4.78 is 38.2. The van der Waals surface area contributed by atoms with E-state index in [0.717, 1.165) is 12.1 Å². The lowest BCUT2D eigenvalue weighted by molar-refractivity contribution is -0.264. The summed E-state index contributed by atoms with van der Waals surface area (Å²) >= 11 is 11.4. The number of hydrogen-bond donors (Lipinski definition) is 2. The number of nitrogens with one attached hydrogen (secondary N) is 1. The van der Waals surface area contributed by atoms with E-state index in [1.165, 1.54) is 18.2 Å². The molecule has 0 bridgehead atoms. The standard InChI is InChI=1S/C13H12Cl2F3NO2/c14-12(15)6-9(12)10(20)19-7-11(21,13(16,17)18)8-4-2-1-3-5-8/h1-5,9,21H,6-7H2,(H,19,20)/t9-,11+/m0/s1. The van der Waals surface area contributed by atoms with Crippen molar-refractivity contribution in [2.45, 2.75) is 22.5 Å². The van der Waals surface area contributed by atoms with Gasteiger partial charge in [0.15, 0.2) is 0 Å².